The van der Waals surface area contributed by atoms with Crippen molar-refractivity contribution in [3.63, 3.8) is 0 Å². The molecule has 1 aromatic carbocycles. The lowest BCUT2D eigenvalue weighted by atomic mass is 10.1. The number of nitrogens with zero attached hydrogens (tertiary/aromatic N) is 2. The van der Waals surface area contributed by atoms with Crippen molar-refractivity contribution in [1.82, 2.24) is 20.1 Å². The van der Waals surface area contributed by atoms with Gasteiger partial charge in [0.25, 0.3) is 5.91 Å². The maximum absolute atomic E-state index is 13.0. The number of H-pyrrole nitrogens is 1. The van der Waals surface area contributed by atoms with E-state index in [0.29, 0.717) is 12.2 Å². The van der Waals surface area contributed by atoms with E-state index in [1.54, 1.807) is 24.4 Å². The Balaban J connectivity index is 1.43. The second-order valence-corrected chi connectivity index (χ2v) is 6.29. The minimum absolute atomic E-state index is 0.163. The molecular formula is C19H19FN4O. The highest BCUT2D eigenvalue weighted by molar-refractivity contribution is 5.93. The maximum Gasteiger partial charge on any atom is 0.267 e. The number of nitrogens with one attached hydrogen (secondary N) is 2. The fraction of sp³-hybridized carbons (Fsp3) is 0.263. The molecule has 1 aliphatic rings. The molecule has 5 nitrogen and oxygen atoms in total. The van der Waals surface area contributed by atoms with E-state index in [0.717, 1.165) is 36.1 Å². The number of aryl methyl sites for hydroxylation is 1. The van der Waals surface area contributed by atoms with E-state index in [9.17, 15) is 9.18 Å². The Morgan fingerprint density at radius 3 is 2.92 bits per heavy atom. The van der Waals surface area contributed by atoms with Gasteiger partial charge in [-0.15, -0.1) is 0 Å². The molecule has 1 amide bonds. The summed E-state index contributed by atoms with van der Waals surface area (Å²) in [6.07, 6.45) is 6.95. The highest BCUT2D eigenvalue weighted by atomic mass is 19.1. The summed E-state index contributed by atoms with van der Waals surface area (Å²) in [5, 5.41) is 7.33. The van der Waals surface area contributed by atoms with Crippen LogP contribution >= 0.6 is 0 Å². The van der Waals surface area contributed by atoms with Gasteiger partial charge in [-0.1, -0.05) is 12.1 Å². The molecule has 0 saturated heterocycles. The van der Waals surface area contributed by atoms with Gasteiger partial charge in [-0.2, -0.15) is 5.10 Å². The molecule has 3 aromatic rings. The van der Waals surface area contributed by atoms with E-state index >= 15 is 0 Å². The summed E-state index contributed by atoms with van der Waals surface area (Å²) in [7, 11) is 0. The van der Waals surface area contributed by atoms with Crippen LogP contribution in [0.5, 0.6) is 0 Å². The largest absolute Gasteiger partial charge is 0.357 e. The number of carbonyl (C=O) groups excluding carboxylic acids is 1. The second kappa shape index (κ2) is 6.55. The molecular weight excluding hydrogens is 319 g/mol. The van der Waals surface area contributed by atoms with Gasteiger partial charge >= 0.3 is 0 Å². The van der Waals surface area contributed by atoms with Gasteiger partial charge < -0.3 is 10.3 Å². The van der Waals surface area contributed by atoms with E-state index in [1.165, 1.54) is 24.2 Å². The minimum atomic E-state index is -0.276. The Kier molecular flexibility index (Phi) is 4.09. The summed E-state index contributed by atoms with van der Waals surface area (Å²) in [5.74, 6) is -0.439. The number of benzene rings is 1. The lowest BCUT2D eigenvalue weighted by Gasteiger charge is -2.14. The fourth-order valence-electron chi connectivity index (χ4n) is 3.24. The molecule has 0 bridgehead atoms. The summed E-state index contributed by atoms with van der Waals surface area (Å²) in [6, 6.07) is 7.98. The number of halogens is 1. The number of fused-ring (bicyclic) bond motifs is 1. The molecule has 2 N–H and O–H groups in total. The first-order valence-electron chi connectivity index (χ1n) is 8.47. The van der Waals surface area contributed by atoms with Gasteiger partial charge in [-0.25, -0.2) is 4.39 Å². The summed E-state index contributed by atoms with van der Waals surface area (Å²) in [5.41, 5.74) is 4.51. The average molecular weight is 338 g/mol. The molecule has 3 heterocycles. The van der Waals surface area contributed by atoms with Crippen molar-refractivity contribution in [2.24, 2.45) is 0 Å². The van der Waals surface area contributed by atoms with Gasteiger partial charge in [0.1, 0.15) is 11.5 Å². The molecule has 0 fully saturated rings. The van der Waals surface area contributed by atoms with E-state index in [-0.39, 0.29) is 11.7 Å². The standard InChI is InChI=1S/C19H19FN4O/c20-16-6-4-13(5-7-16)14-9-17(21-10-14)19(25)22-11-15-12-23-24-8-2-1-3-18(15)24/h4-7,9-10,12,21H,1-3,8,11H2,(H,22,25). The van der Waals surface area contributed by atoms with Gasteiger partial charge in [0.2, 0.25) is 0 Å². The van der Waals surface area contributed by atoms with Crippen LogP contribution in [0, 0.1) is 5.82 Å². The maximum atomic E-state index is 13.0. The van der Waals surface area contributed by atoms with Crippen molar-refractivity contribution in [3.05, 3.63) is 65.5 Å². The molecule has 2 aromatic heterocycles. The number of hydrogen-bond acceptors (Lipinski definition) is 2. The Hall–Kier alpha value is -2.89. The van der Waals surface area contributed by atoms with Crippen LogP contribution in [0.2, 0.25) is 0 Å². The Labute approximate surface area is 144 Å². The van der Waals surface area contributed by atoms with Crippen LogP contribution in [0.25, 0.3) is 11.1 Å². The zero-order valence-corrected chi connectivity index (χ0v) is 13.8. The molecule has 0 spiro atoms. The Morgan fingerprint density at radius 1 is 1.24 bits per heavy atom. The smallest absolute Gasteiger partial charge is 0.267 e. The van der Waals surface area contributed by atoms with Gasteiger partial charge in [0.05, 0.1) is 6.20 Å². The van der Waals surface area contributed by atoms with Gasteiger partial charge in [-0.05, 0) is 48.6 Å². The third-order valence-corrected chi connectivity index (χ3v) is 4.61. The topological polar surface area (TPSA) is 62.7 Å². The van der Waals surface area contributed by atoms with Gasteiger partial charge in [0, 0.05) is 30.5 Å². The van der Waals surface area contributed by atoms with Gasteiger partial charge in [0.15, 0.2) is 0 Å². The summed E-state index contributed by atoms with van der Waals surface area (Å²) in [4.78, 5) is 15.4. The van der Waals surface area contributed by atoms with Crippen LogP contribution < -0.4 is 5.32 Å². The van der Waals surface area contributed by atoms with Crippen molar-refractivity contribution in [2.45, 2.75) is 32.4 Å². The number of aromatic nitrogens is 3. The molecule has 25 heavy (non-hydrogen) atoms. The van der Waals surface area contributed by atoms with Gasteiger partial charge in [-0.3, -0.25) is 9.48 Å². The first-order valence-corrected chi connectivity index (χ1v) is 8.47. The molecule has 0 radical (unpaired) electrons. The third kappa shape index (κ3) is 3.20. The SMILES string of the molecule is O=C(NCc1cnn2c1CCCC2)c1cc(-c2ccc(F)cc2)c[nH]1. The molecule has 128 valence electrons. The third-order valence-electron chi connectivity index (χ3n) is 4.61. The molecule has 6 heteroatoms. The van der Waals surface area contributed by atoms with E-state index in [4.69, 9.17) is 0 Å². The highest BCUT2D eigenvalue weighted by Crippen LogP contribution is 2.21. The Bertz CT molecular complexity index is 895. The summed E-state index contributed by atoms with van der Waals surface area (Å²) in [6.45, 7) is 1.43. The lowest BCUT2D eigenvalue weighted by molar-refractivity contribution is 0.0946. The Morgan fingerprint density at radius 2 is 2.08 bits per heavy atom. The molecule has 0 aliphatic carbocycles. The molecule has 0 atom stereocenters. The summed E-state index contributed by atoms with van der Waals surface area (Å²) < 4.78 is 15.0. The van der Waals surface area contributed by atoms with Crippen molar-refractivity contribution >= 4 is 5.91 Å². The molecule has 4 rings (SSSR count). The lowest BCUT2D eigenvalue weighted by Crippen LogP contribution is -2.24. The normalized spacial score (nSPS) is 13.5. The van der Waals surface area contributed by atoms with E-state index < -0.39 is 0 Å². The van der Waals surface area contributed by atoms with Crippen LogP contribution in [-0.4, -0.2) is 20.7 Å². The zero-order chi connectivity index (χ0) is 17.2. The first kappa shape index (κ1) is 15.6. The highest BCUT2D eigenvalue weighted by Gasteiger charge is 2.16. The van der Waals surface area contributed by atoms with Crippen molar-refractivity contribution in [3.8, 4) is 11.1 Å². The number of carbonyl (C=O) groups is 1. The molecule has 1 aliphatic heterocycles. The van der Waals surface area contributed by atoms with Crippen LogP contribution in [-0.2, 0) is 19.5 Å². The van der Waals surface area contributed by atoms with Crippen LogP contribution in [0.3, 0.4) is 0 Å². The monoisotopic (exact) mass is 338 g/mol. The van der Waals surface area contributed by atoms with E-state index in [1.807, 2.05) is 10.9 Å². The average Bonchev–Trinajstić information content (AvgIpc) is 3.28. The zero-order valence-electron chi connectivity index (χ0n) is 13.8. The first-order chi connectivity index (χ1) is 12.2. The van der Waals surface area contributed by atoms with Crippen molar-refractivity contribution in [1.29, 1.82) is 0 Å². The van der Waals surface area contributed by atoms with Crippen molar-refractivity contribution in [2.75, 3.05) is 0 Å². The van der Waals surface area contributed by atoms with Crippen LogP contribution in [0.4, 0.5) is 4.39 Å². The van der Waals surface area contributed by atoms with E-state index in [2.05, 4.69) is 15.4 Å². The fourth-order valence-corrected chi connectivity index (χ4v) is 3.24. The van der Waals surface area contributed by atoms with Crippen LogP contribution in [0.1, 0.15) is 34.6 Å². The molecule has 0 saturated carbocycles. The quantitative estimate of drug-likeness (QED) is 0.767. The predicted octanol–water partition coefficient (Wildman–Crippen LogP) is 3.28. The summed E-state index contributed by atoms with van der Waals surface area (Å²) >= 11 is 0. The number of amides is 1. The minimum Gasteiger partial charge on any atom is -0.357 e. The van der Waals surface area contributed by atoms with Crippen LogP contribution in [0.15, 0.2) is 42.7 Å². The number of hydrogen-bond donors (Lipinski definition) is 2. The predicted molar refractivity (Wildman–Crippen MR) is 92.5 cm³/mol. The van der Waals surface area contributed by atoms with Crippen molar-refractivity contribution < 1.29 is 9.18 Å². The number of rotatable bonds is 4. The molecule has 0 unspecified atom stereocenters. The number of aromatic amines is 1. The second-order valence-electron chi connectivity index (χ2n) is 6.29.